The molecular weight excluding hydrogens is 403 g/mol. The average molecular weight is 428 g/mol. The van der Waals surface area contributed by atoms with Crippen LogP contribution < -0.4 is 4.74 Å². The Labute approximate surface area is 152 Å². The fourth-order valence-corrected chi connectivity index (χ4v) is 5.10. The summed E-state index contributed by atoms with van der Waals surface area (Å²) >= 11 is 2.53. The molecule has 4 heteroatoms. The van der Waals surface area contributed by atoms with Gasteiger partial charge < -0.3 is 14.2 Å². The summed E-state index contributed by atoms with van der Waals surface area (Å²) in [5.41, 5.74) is 1.64. The van der Waals surface area contributed by atoms with Gasteiger partial charge in [-0.3, -0.25) is 0 Å². The van der Waals surface area contributed by atoms with Crippen molar-refractivity contribution in [3.05, 3.63) is 29.8 Å². The fraction of sp³-hybridized carbons (Fsp3) is 0.684. The summed E-state index contributed by atoms with van der Waals surface area (Å²) in [6.07, 6.45) is 8.09. The molecule has 3 heterocycles. The standard InChI is InChI=1S/C19H25IO3/c20-13-18-7-9-19(10-8-18,22-14-18)15-4-3-5-16(12-15)23-17-6-1-2-11-21-17/h3-5,12,17H,1-2,6-11,13-14H2. The SMILES string of the molecule is ICC12CCC(c3cccc(OC4CCCCO4)c3)(CC1)OC2. The van der Waals surface area contributed by atoms with Crippen molar-refractivity contribution in [1.29, 1.82) is 0 Å². The number of ether oxygens (including phenoxy) is 3. The number of hydrogen-bond acceptors (Lipinski definition) is 3. The van der Waals surface area contributed by atoms with Crippen LogP contribution in [-0.2, 0) is 15.1 Å². The van der Waals surface area contributed by atoms with Gasteiger partial charge in [-0.15, -0.1) is 0 Å². The predicted molar refractivity (Wildman–Crippen MR) is 98.1 cm³/mol. The van der Waals surface area contributed by atoms with Gasteiger partial charge >= 0.3 is 0 Å². The van der Waals surface area contributed by atoms with Crippen LogP contribution in [0, 0.1) is 5.41 Å². The van der Waals surface area contributed by atoms with Gasteiger partial charge in [0.25, 0.3) is 0 Å². The predicted octanol–water partition coefficient (Wildman–Crippen LogP) is 4.81. The topological polar surface area (TPSA) is 27.7 Å². The second kappa shape index (κ2) is 6.52. The van der Waals surface area contributed by atoms with Gasteiger partial charge in [0.05, 0.1) is 18.8 Å². The molecule has 3 aliphatic heterocycles. The van der Waals surface area contributed by atoms with Gasteiger partial charge in [0, 0.05) is 16.3 Å². The average Bonchev–Trinajstić information content (AvgIpc) is 2.64. The minimum Gasteiger partial charge on any atom is -0.465 e. The largest absolute Gasteiger partial charge is 0.465 e. The van der Waals surface area contributed by atoms with Crippen molar-refractivity contribution in [2.24, 2.45) is 5.41 Å². The van der Waals surface area contributed by atoms with Crippen LogP contribution in [0.1, 0.15) is 50.5 Å². The molecule has 1 aliphatic carbocycles. The Bertz CT molecular complexity index is 529. The van der Waals surface area contributed by atoms with Crippen LogP contribution in [0.4, 0.5) is 0 Å². The second-order valence-corrected chi connectivity index (χ2v) is 8.12. The lowest BCUT2D eigenvalue weighted by atomic mass is 9.65. The Morgan fingerprint density at radius 1 is 1.17 bits per heavy atom. The quantitative estimate of drug-likeness (QED) is 0.509. The van der Waals surface area contributed by atoms with Gasteiger partial charge in [-0.05, 0) is 56.2 Å². The van der Waals surface area contributed by atoms with E-state index in [1.165, 1.54) is 29.3 Å². The maximum absolute atomic E-state index is 6.40. The van der Waals surface area contributed by atoms with Crippen molar-refractivity contribution in [3.8, 4) is 5.75 Å². The normalized spacial score (nSPS) is 36.8. The minimum absolute atomic E-state index is 0.0817. The molecule has 0 amide bonds. The summed E-state index contributed by atoms with van der Waals surface area (Å²) in [7, 11) is 0. The van der Waals surface area contributed by atoms with Crippen LogP contribution in [0.15, 0.2) is 24.3 Å². The maximum atomic E-state index is 6.40. The van der Waals surface area contributed by atoms with Crippen molar-refractivity contribution in [2.45, 2.75) is 56.8 Å². The van der Waals surface area contributed by atoms with E-state index in [1.54, 1.807) is 0 Å². The van der Waals surface area contributed by atoms with Gasteiger partial charge in [-0.1, -0.05) is 34.7 Å². The number of fused-ring (bicyclic) bond motifs is 3. The summed E-state index contributed by atoms with van der Waals surface area (Å²) in [5, 5.41) is 0. The fourth-order valence-electron chi connectivity index (χ4n) is 4.12. The maximum Gasteiger partial charge on any atom is 0.199 e. The lowest BCUT2D eigenvalue weighted by Gasteiger charge is -2.53. The first-order valence-corrected chi connectivity index (χ1v) is 10.4. The van der Waals surface area contributed by atoms with Crippen LogP contribution in [0.25, 0.3) is 0 Å². The van der Waals surface area contributed by atoms with E-state index in [1.807, 2.05) is 6.07 Å². The number of rotatable bonds is 4. The first-order chi connectivity index (χ1) is 11.2. The molecule has 0 radical (unpaired) electrons. The molecule has 4 fully saturated rings. The number of benzene rings is 1. The molecule has 1 unspecified atom stereocenters. The molecule has 0 N–H and O–H groups in total. The first-order valence-electron chi connectivity index (χ1n) is 8.83. The van der Waals surface area contributed by atoms with Gasteiger partial charge in [0.1, 0.15) is 5.75 Å². The third-order valence-corrected chi connectivity index (χ3v) is 7.44. The molecule has 1 aromatic carbocycles. The number of hydrogen-bond donors (Lipinski definition) is 0. The third-order valence-electron chi connectivity index (χ3n) is 5.82. The second-order valence-electron chi connectivity index (χ2n) is 7.36. The zero-order valence-corrected chi connectivity index (χ0v) is 15.7. The lowest BCUT2D eigenvalue weighted by Crippen LogP contribution is -2.50. The van der Waals surface area contributed by atoms with Crippen LogP contribution in [0.5, 0.6) is 5.75 Å². The van der Waals surface area contributed by atoms with E-state index >= 15 is 0 Å². The van der Waals surface area contributed by atoms with E-state index in [9.17, 15) is 0 Å². The van der Waals surface area contributed by atoms with E-state index in [0.29, 0.717) is 5.41 Å². The van der Waals surface area contributed by atoms with Crippen molar-refractivity contribution in [1.82, 2.24) is 0 Å². The first kappa shape index (κ1) is 16.2. The Morgan fingerprint density at radius 2 is 2.04 bits per heavy atom. The van der Waals surface area contributed by atoms with E-state index < -0.39 is 0 Å². The molecule has 1 aromatic rings. The van der Waals surface area contributed by atoms with Crippen molar-refractivity contribution in [2.75, 3.05) is 17.6 Å². The lowest BCUT2D eigenvalue weighted by molar-refractivity contribution is -0.181. The van der Waals surface area contributed by atoms with Gasteiger partial charge in [0.2, 0.25) is 0 Å². The molecule has 0 spiro atoms. The van der Waals surface area contributed by atoms with Crippen molar-refractivity contribution >= 4 is 22.6 Å². The summed E-state index contributed by atoms with van der Waals surface area (Å²) in [5.74, 6) is 0.920. The Kier molecular flexibility index (Phi) is 4.58. The molecule has 23 heavy (non-hydrogen) atoms. The van der Waals surface area contributed by atoms with E-state index in [0.717, 1.165) is 44.6 Å². The van der Waals surface area contributed by atoms with Crippen LogP contribution in [-0.4, -0.2) is 23.9 Å². The number of halogens is 1. The molecule has 3 saturated heterocycles. The monoisotopic (exact) mass is 428 g/mol. The molecule has 5 rings (SSSR count). The minimum atomic E-state index is -0.0830. The number of alkyl halides is 1. The summed E-state index contributed by atoms with van der Waals surface area (Å²) in [4.78, 5) is 0. The smallest absolute Gasteiger partial charge is 0.199 e. The van der Waals surface area contributed by atoms with Crippen LogP contribution >= 0.6 is 22.6 Å². The highest BCUT2D eigenvalue weighted by atomic mass is 127. The summed E-state index contributed by atoms with van der Waals surface area (Å²) in [6.45, 7) is 1.72. The Hall–Kier alpha value is -0.330. The van der Waals surface area contributed by atoms with Gasteiger partial charge in [-0.25, -0.2) is 0 Å². The molecular formula is C19H25IO3. The Balaban J connectivity index is 1.50. The van der Waals surface area contributed by atoms with Crippen LogP contribution in [0.3, 0.4) is 0 Å². The molecule has 0 aromatic heterocycles. The summed E-state index contributed by atoms with van der Waals surface area (Å²) < 4.78 is 19.4. The van der Waals surface area contributed by atoms with Gasteiger partial charge in [0.15, 0.2) is 6.29 Å². The molecule has 126 valence electrons. The highest BCUT2D eigenvalue weighted by Crippen LogP contribution is 2.54. The third kappa shape index (κ3) is 3.14. The Morgan fingerprint density at radius 3 is 2.70 bits per heavy atom. The molecule has 4 aliphatic rings. The highest BCUT2D eigenvalue weighted by Gasteiger charge is 2.50. The zero-order chi connectivity index (χ0) is 15.8. The molecule has 1 atom stereocenters. The van der Waals surface area contributed by atoms with E-state index in [4.69, 9.17) is 14.2 Å². The highest BCUT2D eigenvalue weighted by molar-refractivity contribution is 14.1. The molecule has 1 saturated carbocycles. The molecule has 3 nitrogen and oxygen atoms in total. The van der Waals surface area contributed by atoms with E-state index in [2.05, 4.69) is 40.8 Å². The zero-order valence-electron chi connectivity index (χ0n) is 13.6. The van der Waals surface area contributed by atoms with Gasteiger partial charge in [-0.2, -0.15) is 0 Å². The van der Waals surface area contributed by atoms with Crippen molar-refractivity contribution in [3.63, 3.8) is 0 Å². The summed E-state index contributed by atoms with van der Waals surface area (Å²) in [6, 6.07) is 8.52. The van der Waals surface area contributed by atoms with Crippen LogP contribution in [0.2, 0.25) is 0 Å². The van der Waals surface area contributed by atoms with Crippen molar-refractivity contribution < 1.29 is 14.2 Å². The van der Waals surface area contributed by atoms with E-state index in [-0.39, 0.29) is 11.9 Å². The molecule has 2 bridgehead atoms.